The Morgan fingerprint density at radius 1 is 1.00 bits per heavy atom. The van der Waals surface area contributed by atoms with Crippen LogP contribution in [0.25, 0.3) is 10.9 Å². The fourth-order valence-corrected chi connectivity index (χ4v) is 4.19. The van der Waals surface area contributed by atoms with E-state index in [1.54, 1.807) is 12.3 Å². The number of hydrogen-bond donors (Lipinski definition) is 1. The zero-order valence-corrected chi connectivity index (χ0v) is 19.4. The van der Waals surface area contributed by atoms with E-state index in [-0.39, 0.29) is 5.91 Å². The minimum Gasteiger partial charge on any atom is -0.340 e. The molecule has 0 aliphatic heterocycles. The summed E-state index contributed by atoms with van der Waals surface area (Å²) in [6.07, 6.45) is 1.73. The van der Waals surface area contributed by atoms with Crippen molar-refractivity contribution in [3.8, 4) is 0 Å². The summed E-state index contributed by atoms with van der Waals surface area (Å²) in [4.78, 5) is 12.4. The van der Waals surface area contributed by atoms with Gasteiger partial charge in [0.15, 0.2) is 0 Å². The van der Waals surface area contributed by atoms with Crippen LogP contribution in [0.15, 0.2) is 86.8 Å². The van der Waals surface area contributed by atoms with Crippen LogP contribution >= 0.6 is 31.9 Å². The molecule has 0 bridgehead atoms. The van der Waals surface area contributed by atoms with Crippen molar-refractivity contribution >= 4 is 54.9 Å². The zero-order chi connectivity index (χ0) is 21.1. The predicted octanol–water partition coefficient (Wildman–Crippen LogP) is 6.29. The highest BCUT2D eigenvalue weighted by atomic mass is 79.9. The smallest absolute Gasteiger partial charge is 0.272 e. The summed E-state index contributed by atoms with van der Waals surface area (Å²) in [5, 5.41) is 5.34. The number of carbonyl (C=O) groups is 1. The Morgan fingerprint density at radius 2 is 1.70 bits per heavy atom. The van der Waals surface area contributed by atoms with Gasteiger partial charge in [0, 0.05) is 37.7 Å². The first-order valence-corrected chi connectivity index (χ1v) is 11.0. The minimum absolute atomic E-state index is 0.255. The number of amides is 1. The van der Waals surface area contributed by atoms with Crippen molar-refractivity contribution in [2.45, 2.75) is 13.5 Å². The first-order chi connectivity index (χ1) is 14.5. The Bertz CT molecular complexity index is 1240. The van der Waals surface area contributed by atoms with Crippen LogP contribution in [0.3, 0.4) is 0 Å². The van der Waals surface area contributed by atoms with Crippen molar-refractivity contribution in [3.63, 3.8) is 0 Å². The van der Waals surface area contributed by atoms with Crippen molar-refractivity contribution in [1.29, 1.82) is 0 Å². The molecule has 0 atom stereocenters. The number of fused-ring (bicyclic) bond motifs is 1. The topological polar surface area (TPSA) is 46.4 Å². The fraction of sp³-hybridized carbons (Fsp3) is 0.0833. The number of hydrazone groups is 1. The van der Waals surface area contributed by atoms with E-state index < -0.39 is 0 Å². The second kappa shape index (κ2) is 8.98. The van der Waals surface area contributed by atoms with Gasteiger partial charge < -0.3 is 4.57 Å². The largest absolute Gasteiger partial charge is 0.340 e. The van der Waals surface area contributed by atoms with Crippen molar-refractivity contribution in [2.75, 3.05) is 0 Å². The molecule has 150 valence electrons. The van der Waals surface area contributed by atoms with Gasteiger partial charge in [-0.15, -0.1) is 0 Å². The Hall–Kier alpha value is -2.70. The Morgan fingerprint density at radius 3 is 2.47 bits per heavy atom. The van der Waals surface area contributed by atoms with Crippen LogP contribution in [0.1, 0.15) is 27.2 Å². The van der Waals surface area contributed by atoms with Crippen LogP contribution < -0.4 is 5.43 Å². The van der Waals surface area contributed by atoms with Crippen molar-refractivity contribution in [3.05, 3.63) is 104 Å². The lowest BCUT2D eigenvalue weighted by molar-refractivity contribution is 0.0954. The van der Waals surface area contributed by atoms with E-state index in [0.29, 0.717) is 5.56 Å². The van der Waals surface area contributed by atoms with E-state index in [1.165, 1.54) is 5.56 Å². The van der Waals surface area contributed by atoms with E-state index in [0.717, 1.165) is 37.7 Å². The fourth-order valence-electron chi connectivity index (χ4n) is 3.46. The third kappa shape index (κ3) is 4.25. The van der Waals surface area contributed by atoms with Gasteiger partial charge in [-0.05, 0) is 58.7 Å². The molecular weight excluding hydrogens is 506 g/mol. The standard InChI is InChI=1S/C24H19Br2N3O/c1-16-21(14-27-28-24(30)20-7-2-4-8-22(20)26)19-6-3-5-9-23(19)29(16)15-17-10-12-18(25)13-11-17/h2-14H,15H2,1H3,(H,28,30)/b27-14+. The Balaban J connectivity index is 1.63. The number of carbonyl (C=O) groups excluding carboxylic acids is 1. The molecule has 0 unspecified atom stereocenters. The lowest BCUT2D eigenvalue weighted by Crippen LogP contribution is -2.18. The Labute approximate surface area is 191 Å². The normalized spacial score (nSPS) is 11.3. The molecular formula is C24H19Br2N3O. The molecule has 0 saturated carbocycles. The number of nitrogens with zero attached hydrogens (tertiary/aromatic N) is 2. The molecule has 4 nitrogen and oxygen atoms in total. The second-order valence-electron chi connectivity index (χ2n) is 6.91. The number of hydrogen-bond acceptors (Lipinski definition) is 2. The molecule has 6 heteroatoms. The third-order valence-corrected chi connectivity index (χ3v) is 6.23. The summed E-state index contributed by atoms with van der Waals surface area (Å²) in [5.74, 6) is -0.255. The summed E-state index contributed by atoms with van der Waals surface area (Å²) >= 11 is 6.89. The quantitative estimate of drug-likeness (QED) is 0.242. The van der Waals surface area contributed by atoms with Gasteiger partial charge in [-0.25, -0.2) is 5.43 Å². The van der Waals surface area contributed by atoms with Crippen LogP contribution in [0.4, 0.5) is 0 Å². The molecule has 30 heavy (non-hydrogen) atoms. The average molecular weight is 525 g/mol. The van der Waals surface area contributed by atoms with Gasteiger partial charge >= 0.3 is 0 Å². The van der Waals surface area contributed by atoms with Crippen LogP contribution in [0, 0.1) is 6.92 Å². The van der Waals surface area contributed by atoms with Gasteiger partial charge in [0.25, 0.3) is 5.91 Å². The van der Waals surface area contributed by atoms with Crippen molar-refractivity contribution in [2.24, 2.45) is 5.10 Å². The molecule has 0 spiro atoms. The van der Waals surface area contributed by atoms with Gasteiger partial charge in [-0.1, -0.05) is 58.4 Å². The van der Waals surface area contributed by atoms with Gasteiger partial charge in [-0.3, -0.25) is 4.79 Å². The number of aromatic nitrogens is 1. The van der Waals surface area contributed by atoms with Gasteiger partial charge in [0.1, 0.15) is 0 Å². The minimum atomic E-state index is -0.255. The summed E-state index contributed by atoms with van der Waals surface area (Å²) < 4.78 is 4.07. The van der Waals surface area contributed by atoms with Crippen molar-refractivity contribution < 1.29 is 4.79 Å². The third-order valence-electron chi connectivity index (χ3n) is 5.01. The van der Waals surface area contributed by atoms with Gasteiger partial charge in [-0.2, -0.15) is 5.10 Å². The van der Waals surface area contributed by atoms with E-state index >= 15 is 0 Å². The summed E-state index contributed by atoms with van der Waals surface area (Å²) in [7, 11) is 0. The van der Waals surface area contributed by atoms with Crippen molar-refractivity contribution in [1.82, 2.24) is 9.99 Å². The van der Waals surface area contributed by atoms with Crippen LogP contribution in [0.5, 0.6) is 0 Å². The maximum absolute atomic E-state index is 12.4. The summed E-state index contributed by atoms with van der Waals surface area (Å²) in [6.45, 7) is 2.84. The highest BCUT2D eigenvalue weighted by molar-refractivity contribution is 9.10. The number of para-hydroxylation sites is 1. The molecule has 1 aromatic heterocycles. The van der Waals surface area contributed by atoms with Crippen LogP contribution in [0.2, 0.25) is 0 Å². The molecule has 1 heterocycles. The highest BCUT2D eigenvalue weighted by Gasteiger charge is 2.13. The van der Waals surface area contributed by atoms with E-state index in [2.05, 4.69) is 90.3 Å². The maximum atomic E-state index is 12.4. The lowest BCUT2D eigenvalue weighted by atomic mass is 10.1. The second-order valence-corrected chi connectivity index (χ2v) is 8.68. The lowest BCUT2D eigenvalue weighted by Gasteiger charge is -2.09. The first-order valence-electron chi connectivity index (χ1n) is 9.45. The average Bonchev–Trinajstić information content (AvgIpc) is 3.01. The molecule has 0 aliphatic rings. The molecule has 0 aliphatic carbocycles. The molecule has 3 aromatic carbocycles. The molecule has 4 rings (SSSR count). The summed E-state index contributed by atoms with van der Waals surface area (Å²) in [5.41, 5.74) is 7.62. The molecule has 0 radical (unpaired) electrons. The van der Waals surface area contributed by atoms with Gasteiger partial charge in [0.05, 0.1) is 11.8 Å². The van der Waals surface area contributed by atoms with Crippen LogP contribution in [-0.2, 0) is 6.54 Å². The molecule has 4 aromatic rings. The SMILES string of the molecule is Cc1c(/C=N/NC(=O)c2ccccc2Br)c2ccccc2n1Cc1ccc(Br)cc1. The molecule has 1 amide bonds. The molecule has 0 fully saturated rings. The molecule has 0 saturated heterocycles. The maximum Gasteiger partial charge on any atom is 0.272 e. The van der Waals surface area contributed by atoms with E-state index in [4.69, 9.17) is 0 Å². The number of nitrogens with one attached hydrogen (secondary N) is 1. The zero-order valence-electron chi connectivity index (χ0n) is 16.3. The number of rotatable bonds is 5. The Kier molecular flexibility index (Phi) is 6.16. The van der Waals surface area contributed by atoms with Gasteiger partial charge in [0.2, 0.25) is 0 Å². The van der Waals surface area contributed by atoms with E-state index in [9.17, 15) is 4.79 Å². The predicted molar refractivity (Wildman–Crippen MR) is 129 cm³/mol. The number of benzene rings is 3. The molecule has 1 N–H and O–H groups in total. The first kappa shape index (κ1) is 20.6. The summed E-state index contributed by atoms with van der Waals surface area (Å²) in [6, 6.07) is 23.9. The highest BCUT2D eigenvalue weighted by Crippen LogP contribution is 2.26. The van der Waals surface area contributed by atoms with Crippen LogP contribution in [-0.4, -0.2) is 16.7 Å². The monoisotopic (exact) mass is 523 g/mol. The number of halogens is 2. The van der Waals surface area contributed by atoms with E-state index in [1.807, 2.05) is 30.3 Å².